The van der Waals surface area contributed by atoms with E-state index in [1.807, 2.05) is 0 Å². The average Bonchev–Trinajstić information content (AvgIpc) is 2.63. The van der Waals surface area contributed by atoms with Crippen LogP contribution >= 0.6 is 0 Å². The molecule has 0 saturated heterocycles. The molecule has 0 spiro atoms. The second-order valence-corrected chi connectivity index (χ2v) is 5.43. The van der Waals surface area contributed by atoms with Crippen molar-refractivity contribution in [3.63, 3.8) is 0 Å². The minimum Gasteiger partial charge on any atom is -0.492 e. The van der Waals surface area contributed by atoms with Gasteiger partial charge in [0.2, 0.25) is 0 Å². The van der Waals surface area contributed by atoms with Crippen molar-refractivity contribution in [1.29, 1.82) is 0 Å². The van der Waals surface area contributed by atoms with Crippen molar-refractivity contribution in [2.45, 2.75) is 0 Å². The van der Waals surface area contributed by atoms with Crippen LogP contribution in [0.2, 0.25) is 0 Å². The number of carbonyl (C=O) groups excluding carboxylic acids is 1. The largest absolute Gasteiger partial charge is 0.492 e. The molecule has 0 aliphatic heterocycles. The molecule has 0 unspecified atom stereocenters. The van der Waals surface area contributed by atoms with Gasteiger partial charge in [0, 0.05) is 19.4 Å². The number of aromatic nitrogens is 2. The Morgan fingerprint density at radius 1 is 1.24 bits per heavy atom. The summed E-state index contributed by atoms with van der Waals surface area (Å²) in [6, 6.07) is 10.8. The Morgan fingerprint density at radius 3 is 2.76 bits per heavy atom. The summed E-state index contributed by atoms with van der Waals surface area (Å²) in [5.41, 5.74) is 0.0567. The monoisotopic (exact) mass is 341 g/mol. The van der Waals surface area contributed by atoms with Crippen LogP contribution < -0.4 is 10.3 Å². The van der Waals surface area contributed by atoms with Gasteiger partial charge in [-0.15, -0.1) is 0 Å². The van der Waals surface area contributed by atoms with Crippen LogP contribution in [0.25, 0.3) is 5.65 Å². The van der Waals surface area contributed by atoms with Gasteiger partial charge in [-0.2, -0.15) is 0 Å². The molecular formula is C18H16FN3O3. The first-order valence-corrected chi connectivity index (χ1v) is 7.66. The molecule has 3 rings (SSSR count). The second kappa shape index (κ2) is 7.12. The van der Waals surface area contributed by atoms with Gasteiger partial charge in [-0.25, -0.2) is 9.37 Å². The maximum absolute atomic E-state index is 12.8. The number of carbonyl (C=O) groups is 1. The highest BCUT2D eigenvalue weighted by Gasteiger charge is 2.17. The van der Waals surface area contributed by atoms with E-state index in [0.717, 1.165) is 0 Å². The minimum atomic E-state index is -0.432. The Labute approximate surface area is 143 Å². The van der Waals surface area contributed by atoms with Gasteiger partial charge in [0.05, 0.1) is 6.54 Å². The van der Waals surface area contributed by atoms with Gasteiger partial charge in [-0.1, -0.05) is 6.07 Å². The number of pyridine rings is 1. The molecule has 0 atom stereocenters. The molecule has 0 aliphatic rings. The number of rotatable bonds is 5. The van der Waals surface area contributed by atoms with E-state index in [0.29, 0.717) is 11.4 Å². The molecule has 128 valence electrons. The van der Waals surface area contributed by atoms with E-state index in [4.69, 9.17) is 4.74 Å². The molecule has 0 fully saturated rings. The standard InChI is InChI=1S/C18H16FN3O3/c1-21(10-11-25-14-7-5-13(19)6-8-14)17(23)15-12-20-16-4-2-3-9-22(16)18(15)24/h2-9,12H,10-11H2,1H3. The molecule has 7 heteroatoms. The van der Waals surface area contributed by atoms with E-state index in [1.165, 1.54) is 39.8 Å². The van der Waals surface area contributed by atoms with Crippen LogP contribution in [0.15, 0.2) is 59.7 Å². The van der Waals surface area contributed by atoms with Crippen molar-refractivity contribution in [2.75, 3.05) is 20.2 Å². The van der Waals surface area contributed by atoms with Crippen LogP contribution in [0.3, 0.4) is 0 Å². The Kier molecular flexibility index (Phi) is 4.74. The second-order valence-electron chi connectivity index (χ2n) is 5.43. The molecule has 2 heterocycles. The van der Waals surface area contributed by atoms with E-state index < -0.39 is 11.5 Å². The quantitative estimate of drug-likeness (QED) is 0.712. The van der Waals surface area contributed by atoms with Crippen LogP contribution in [0.5, 0.6) is 5.75 Å². The SMILES string of the molecule is CN(CCOc1ccc(F)cc1)C(=O)c1cnc2ccccn2c1=O. The average molecular weight is 341 g/mol. The molecule has 0 aliphatic carbocycles. The molecule has 1 amide bonds. The van der Waals surface area contributed by atoms with Crippen LogP contribution in [0.4, 0.5) is 4.39 Å². The highest BCUT2D eigenvalue weighted by Crippen LogP contribution is 2.11. The van der Waals surface area contributed by atoms with Crippen molar-refractivity contribution < 1.29 is 13.9 Å². The van der Waals surface area contributed by atoms with Crippen molar-refractivity contribution in [3.8, 4) is 5.75 Å². The zero-order valence-corrected chi connectivity index (χ0v) is 13.6. The predicted molar refractivity (Wildman–Crippen MR) is 90.3 cm³/mol. The normalized spacial score (nSPS) is 10.6. The highest BCUT2D eigenvalue weighted by atomic mass is 19.1. The first kappa shape index (κ1) is 16.6. The van der Waals surface area contributed by atoms with E-state index in [2.05, 4.69) is 4.98 Å². The summed E-state index contributed by atoms with van der Waals surface area (Å²) >= 11 is 0. The number of benzene rings is 1. The molecule has 0 saturated carbocycles. The van der Waals surface area contributed by atoms with Gasteiger partial charge in [-0.3, -0.25) is 14.0 Å². The van der Waals surface area contributed by atoms with E-state index in [9.17, 15) is 14.0 Å². The van der Waals surface area contributed by atoms with E-state index >= 15 is 0 Å². The molecular weight excluding hydrogens is 325 g/mol. The van der Waals surface area contributed by atoms with Crippen molar-refractivity contribution >= 4 is 11.6 Å². The smallest absolute Gasteiger partial charge is 0.270 e. The fourth-order valence-electron chi connectivity index (χ4n) is 2.31. The number of amides is 1. The fraction of sp³-hybridized carbons (Fsp3) is 0.167. The zero-order valence-electron chi connectivity index (χ0n) is 13.6. The number of fused-ring (bicyclic) bond motifs is 1. The number of ether oxygens (including phenoxy) is 1. The lowest BCUT2D eigenvalue weighted by atomic mass is 10.3. The minimum absolute atomic E-state index is 0.00650. The number of hydrogen-bond acceptors (Lipinski definition) is 4. The summed E-state index contributed by atoms with van der Waals surface area (Å²) in [4.78, 5) is 30.4. The third kappa shape index (κ3) is 3.65. The van der Waals surface area contributed by atoms with Crippen LogP contribution in [0.1, 0.15) is 10.4 Å². The first-order chi connectivity index (χ1) is 12.1. The Hall–Kier alpha value is -3.22. The van der Waals surface area contributed by atoms with Crippen LogP contribution in [-0.4, -0.2) is 40.4 Å². The topological polar surface area (TPSA) is 63.9 Å². The lowest BCUT2D eigenvalue weighted by Gasteiger charge is -2.17. The lowest BCUT2D eigenvalue weighted by molar-refractivity contribution is 0.0771. The third-order valence-electron chi connectivity index (χ3n) is 3.70. The summed E-state index contributed by atoms with van der Waals surface area (Å²) in [7, 11) is 1.58. The summed E-state index contributed by atoms with van der Waals surface area (Å²) < 4.78 is 19.6. The van der Waals surface area contributed by atoms with Gasteiger partial charge >= 0.3 is 0 Å². The number of hydrogen-bond donors (Lipinski definition) is 0. The first-order valence-electron chi connectivity index (χ1n) is 7.66. The summed E-state index contributed by atoms with van der Waals surface area (Å²) in [5, 5.41) is 0. The molecule has 0 bridgehead atoms. The van der Waals surface area contributed by atoms with E-state index in [1.54, 1.807) is 31.4 Å². The molecule has 0 N–H and O–H groups in total. The zero-order chi connectivity index (χ0) is 17.8. The number of likely N-dealkylation sites (N-methyl/N-ethyl adjacent to an activating group) is 1. The van der Waals surface area contributed by atoms with Crippen molar-refractivity contribution in [3.05, 3.63) is 76.6 Å². The lowest BCUT2D eigenvalue weighted by Crippen LogP contribution is -2.35. The number of halogens is 1. The Bertz CT molecular complexity index is 954. The van der Waals surface area contributed by atoms with Gasteiger partial charge in [-0.05, 0) is 36.4 Å². The Morgan fingerprint density at radius 2 is 2.00 bits per heavy atom. The van der Waals surface area contributed by atoms with Crippen LogP contribution in [0, 0.1) is 5.82 Å². The molecule has 2 aromatic heterocycles. The number of nitrogens with zero attached hydrogens (tertiary/aromatic N) is 3. The molecule has 25 heavy (non-hydrogen) atoms. The summed E-state index contributed by atoms with van der Waals surface area (Å²) in [6.45, 7) is 0.489. The van der Waals surface area contributed by atoms with Crippen molar-refractivity contribution in [2.24, 2.45) is 0 Å². The molecule has 3 aromatic rings. The maximum atomic E-state index is 12.8. The maximum Gasteiger partial charge on any atom is 0.270 e. The predicted octanol–water partition coefficient (Wildman–Crippen LogP) is 1.98. The summed E-state index contributed by atoms with van der Waals surface area (Å²) in [5.74, 6) is -0.267. The van der Waals surface area contributed by atoms with Crippen LogP contribution in [-0.2, 0) is 0 Å². The van der Waals surface area contributed by atoms with Gasteiger partial charge in [0.25, 0.3) is 11.5 Å². The van der Waals surface area contributed by atoms with Crippen molar-refractivity contribution in [1.82, 2.24) is 14.3 Å². The van der Waals surface area contributed by atoms with Gasteiger partial charge < -0.3 is 9.64 Å². The van der Waals surface area contributed by atoms with Gasteiger partial charge in [0.1, 0.15) is 29.4 Å². The molecule has 0 radical (unpaired) electrons. The molecule has 1 aromatic carbocycles. The molecule has 6 nitrogen and oxygen atoms in total. The summed E-state index contributed by atoms with van der Waals surface area (Å²) in [6.07, 6.45) is 2.86. The Balaban J connectivity index is 1.67. The highest BCUT2D eigenvalue weighted by molar-refractivity contribution is 5.93. The third-order valence-corrected chi connectivity index (χ3v) is 3.70. The fourth-order valence-corrected chi connectivity index (χ4v) is 2.31. The van der Waals surface area contributed by atoms with Gasteiger partial charge in [0.15, 0.2) is 0 Å². The van der Waals surface area contributed by atoms with E-state index in [-0.39, 0.29) is 24.5 Å².